The van der Waals surface area contributed by atoms with Crippen LogP contribution in [0.4, 0.5) is 4.79 Å². The van der Waals surface area contributed by atoms with Crippen molar-refractivity contribution in [3.8, 4) is 0 Å². The van der Waals surface area contributed by atoms with E-state index in [0.29, 0.717) is 0 Å². The number of likely N-dealkylation sites (N-methyl/N-ethyl adjacent to an activating group) is 1. The number of carbonyl (C=O) groups excluding carboxylic acids is 2. The second kappa shape index (κ2) is 6.06. The predicted molar refractivity (Wildman–Crippen MR) is 74.4 cm³/mol. The molecule has 1 heterocycles. The molecule has 2 amide bonds. The normalized spacial score (nSPS) is 18.1. The quantitative estimate of drug-likeness (QED) is 0.792. The van der Waals surface area contributed by atoms with E-state index in [9.17, 15) is 9.59 Å². The van der Waals surface area contributed by atoms with Crippen molar-refractivity contribution in [3.63, 3.8) is 0 Å². The van der Waals surface area contributed by atoms with Crippen molar-refractivity contribution in [2.24, 2.45) is 0 Å². The maximum absolute atomic E-state index is 12.0. The third-order valence-electron chi connectivity index (χ3n) is 2.99. The van der Waals surface area contributed by atoms with Crippen LogP contribution in [0.15, 0.2) is 55.4 Å². The van der Waals surface area contributed by atoms with Gasteiger partial charge in [-0.1, -0.05) is 36.4 Å². The molecule has 1 unspecified atom stereocenters. The van der Waals surface area contributed by atoms with Crippen LogP contribution in [-0.4, -0.2) is 34.9 Å². The zero-order valence-electron chi connectivity index (χ0n) is 11.2. The summed E-state index contributed by atoms with van der Waals surface area (Å²) >= 11 is 0. The van der Waals surface area contributed by atoms with Crippen LogP contribution in [0.2, 0.25) is 0 Å². The van der Waals surface area contributed by atoms with E-state index in [0.717, 1.165) is 5.56 Å². The van der Waals surface area contributed by atoms with Crippen molar-refractivity contribution in [2.45, 2.75) is 12.6 Å². The van der Waals surface area contributed by atoms with Gasteiger partial charge in [0.2, 0.25) is 0 Å². The predicted octanol–water partition coefficient (Wildman–Crippen LogP) is 2.12. The largest absolute Gasteiger partial charge is 0.444 e. The van der Waals surface area contributed by atoms with Crippen LogP contribution < -0.4 is 0 Å². The molecule has 0 bridgehead atoms. The first-order valence-electron chi connectivity index (χ1n) is 6.20. The van der Waals surface area contributed by atoms with Gasteiger partial charge < -0.3 is 9.64 Å². The maximum atomic E-state index is 12.0. The zero-order chi connectivity index (χ0) is 14.5. The number of nitrogens with zero attached hydrogens (tertiary/aromatic N) is 2. The Labute approximate surface area is 117 Å². The van der Waals surface area contributed by atoms with Crippen molar-refractivity contribution in [2.75, 3.05) is 7.05 Å². The first kappa shape index (κ1) is 13.9. The monoisotopic (exact) mass is 272 g/mol. The number of rotatable bonds is 3. The lowest BCUT2D eigenvalue weighted by molar-refractivity contribution is -0.131. The summed E-state index contributed by atoms with van der Waals surface area (Å²) in [6, 6.07) is 8.63. The molecule has 0 aromatic heterocycles. The Balaban J connectivity index is 2.03. The lowest BCUT2D eigenvalue weighted by Gasteiger charge is -2.31. The Morgan fingerprint density at radius 3 is 2.70 bits per heavy atom. The Bertz CT molecular complexity index is 539. The first-order valence-corrected chi connectivity index (χ1v) is 6.20. The summed E-state index contributed by atoms with van der Waals surface area (Å²) in [5.41, 5.74) is 0.889. The molecule has 0 N–H and O–H groups in total. The smallest absolute Gasteiger partial charge is 0.415 e. The van der Waals surface area contributed by atoms with E-state index in [1.807, 2.05) is 30.3 Å². The molecule has 0 radical (unpaired) electrons. The lowest BCUT2D eigenvalue weighted by atomic mass is 10.2. The van der Waals surface area contributed by atoms with Crippen molar-refractivity contribution in [3.05, 3.63) is 61.0 Å². The molecule has 1 aliphatic heterocycles. The third-order valence-corrected chi connectivity index (χ3v) is 2.99. The van der Waals surface area contributed by atoms with Gasteiger partial charge in [0.15, 0.2) is 0 Å². The Morgan fingerprint density at radius 2 is 2.05 bits per heavy atom. The molecule has 1 aliphatic rings. The van der Waals surface area contributed by atoms with Crippen molar-refractivity contribution < 1.29 is 14.3 Å². The highest BCUT2D eigenvalue weighted by Gasteiger charge is 2.31. The fraction of sp³-hybridized carbons (Fsp3) is 0.200. The molecule has 0 spiro atoms. The summed E-state index contributed by atoms with van der Waals surface area (Å²) in [4.78, 5) is 26.6. The van der Waals surface area contributed by atoms with Crippen LogP contribution in [0.3, 0.4) is 0 Å². The average Bonchev–Trinajstić information content (AvgIpc) is 2.48. The van der Waals surface area contributed by atoms with E-state index in [4.69, 9.17) is 4.74 Å². The van der Waals surface area contributed by atoms with Gasteiger partial charge in [-0.3, -0.25) is 9.69 Å². The minimum atomic E-state index is -0.728. The van der Waals surface area contributed by atoms with E-state index < -0.39 is 12.1 Å². The number of carbonyl (C=O) groups is 2. The molecule has 1 atom stereocenters. The molecule has 0 saturated heterocycles. The molecule has 1 aromatic rings. The summed E-state index contributed by atoms with van der Waals surface area (Å²) in [7, 11) is 1.63. The fourth-order valence-corrected chi connectivity index (χ4v) is 1.85. The summed E-state index contributed by atoms with van der Waals surface area (Å²) < 4.78 is 5.20. The zero-order valence-corrected chi connectivity index (χ0v) is 11.2. The molecule has 5 heteroatoms. The Morgan fingerprint density at radius 1 is 1.35 bits per heavy atom. The highest BCUT2D eigenvalue weighted by molar-refractivity contribution is 5.89. The van der Waals surface area contributed by atoms with Crippen molar-refractivity contribution in [1.29, 1.82) is 0 Å². The van der Waals surface area contributed by atoms with E-state index in [1.165, 1.54) is 28.3 Å². The van der Waals surface area contributed by atoms with Gasteiger partial charge in [0.05, 0.1) is 0 Å². The second-order valence-electron chi connectivity index (χ2n) is 4.38. The van der Waals surface area contributed by atoms with Gasteiger partial charge >= 0.3 is 6.09 Å². The number of amides is 2. The van der Waals surface area contributed by atoms with E-state index in [-0.39, 0.29) is 12.5 Å². The van der Waals surface area contributed by atoms with Gasteiger partial charge in [-0.2, -0.15) is 0 Å². The van der Waals surface area contributed by atoms with Crippen LogP contribution in [0.25, 0.3) is 0 Å². The molecular formula is C15H16N2O3. The molecule has 0 saturated carbocycles. The van der Waals surface area contributed by atoms with Gasteiger partial charge in [-0.05, 0) is 5.56 Å². The lowest BCUT2D eigenvalue weighted by Crippen LogP contribution is -2.48. The van der Waals surface area contributed by atoms with E-state index in [2.05, 4.69) is 6.58 Å². The first-order chi connectivity index (χ1) is 9.63. The number of hydrogen-bond acceptors (Lipinski definition) is 3. The molecule has 5 nitrogen and oxygen atoms in total. The molecule has 0 aliphatic carbocycles. The second-order valence-corrected chi connectivity index (χ2v) is 4.38. The van der Waals surface area contributed by atoms with Gasteiger partial charge in [0.1, 0.15) is 12.6 Å². The van der Waals surface area contributed by atoms with Crippen LogP contribution in [0.5, 0.6) is 0 Å². The van der Waals surface area contributed by atoms with Gasteiger partial charge in [-0.25, -0.2) is 4.79 Å². The SMILES string of the molecule is C=CC1C(=O)N(C)C=CN1C(=O)OCc1ccccc1. The third kappa shape index (κ3) is 2.88. The fourth-order valence-electron chi connectivity index (χ4n) is 1.85. The van der Waals surface area contributed by atoms with Crippen molar-refractivity contribution in [1.82, 2.24) is 9.80 Å². The van der Waals surface area contributed by atoms with Gasteiger partial charge in [0.25, 0.3) is 5.91 Å². The van der Waals surface area contributed by atoms with E-state index >= 15 is 0 Å². The summed E-state index contributed by atoms with van der Waals surface area (Å²) in [5, 5.41) is 0. The average molecular weight is 272 g/mol. The summed E-state index contributed by atoms with van der Waals surface area (Å²) in [6.07, 6.45) is 3.88. The highest BCUT2D eigenvalue weighted by Crippen LogP contribution is 2.14. The molecule has 0 fully saturated rings. The maximum Gasteiger partial charge on any atom is 0.415 e. The van der Waals surface area contributed by atoms with E-state index in [1.54, 1.807) is 7.05 Å². The minimum absolute atomic E-state index is 0.165. The Hall–Kier alpha value is -2.56. The topological polar surface area (TPSA) is 49.9 Å². The number of ether oxygens (including phenoxy) is 1. The number of benzene rings is 1. The number of hydrogen-bond donors (Lipinski definition) is 0. The Kier molecular flexibility index (Phi) is 4.20. The minimum Gasteiger partial charge on any atom is -0.444 e. The van der Waals surface area contributed by atoms with Crippen LogP contribution in [0.1, 0.15) is 5.56 Å². The summed E-state index contributed by atoms with van der Waals surface area (Å²) in [6.45, 7) is 3.75. The highest BCUT2D eigenvalue weighted by atomic mass is 16.6. The molecule has 104 valence electrons. The van der Waals surface area contributed by atoms with Gasteiger partial charge in [-0.15, -0.1) is 6.58 Å². The van der Waals surface area contributed by atoms with Gasteiger partial charge in [0, 0.05) is 19.4 Å². The molecule has 20 heavy (non-hydrogen) atoms. The molecular weight excluding hydrogens is 256 g/mol. The molecule has 2 rings (SSSR count). The summed E-state index contributed by atoms with van der Waals surface area (Å²) in [5.74, 6) is -0.223. The molecule has 1 aromatic carbocycles. The van der Waals surface area contributed by atoms with Crippen LogP contribution in [-0.2, 0) is 16.1 Å². The standard InChI is InChI=1S/C15H16N2O3/c1-3-13-14(18)16(2)9-10-17(13)15(19)20-11-12-7-5-4-6-8-12/h3-10,13H,1,11H2,2H3. The van der Waals surface area contributed by atoms with Crippen LogP contribution >= 0.6 is 0 Å². The van der Waals surface area contributed by atoms with Crippen molar-refractivity contribution >= 4 is 12.0 Å². The van der Waals surface area contributed by atoms with Crippen LogP contribution in [0, 0.1) is 0 Å².